The van der Waals surface area contributed by atoms with E-state index in [4.69, 9.17) is 17.3 Å². The molecule has 1 aliphatic rings. The molecular weight excluding hydrogens is 323 g/mol. The number of piperidine rings is 1. The third kappa shape index (κ3) is 3.60. The molecule has 0 bridgehead atoms. The van der Waals surface area contributed by atoms with Crippen LogP contribution in [-0.4, -0.2) is 34.0 Å². The maximum atomic E-state index is 12.1. The van der Waals surface area contributed by atoms with Gasteiger partial charge in [0.15, 0.2) is 0 Å². The van der Waals surface area contributed by atoms with Gasteiger partial charge in [0.05, 0.1) is 17.4 Å². The minimum atomic E-state index is -0.140. The summed E-state index contributed by atoms with van der Waals surface area (Å²) in [5, 5.41) is 1.07. The second-order valence-corrected chi connectivity index (χ2v) is 5.97. The molecule has 0 amide bonds. The van der Waals surface area contributed by atoms with Gasteiger partial charge >= 0.3 is 0 Å². The van der Waals surface area contributed by atoms with Crippen molar-refractivity contribution in [3.8, 4) is 0 Å². The summed E-state index contributed by atoms with van der Waals surface area (Å²) in [5.41, 5.74) is 6.38. The standard InChI is InChI=1S/C15H19ClN4O.ClH/c16-10-4-5-13-12(7-10)15(21)19-14(18-13)9-20-6-2-1-3-11(20)8-17;/h4-5,7,11H,1-3,6,8-9,17H2,(H,18,19,21);1H. The fraction of sp³-hybridized carbons (Fsp3) is 0.467. The first-order valence-electron chi connectivity index (χ1n) is 7.30. The molecule has 3 rings (SSSR count). The van der Waals surface area contributed by atoms with Crippen LogP contribution >= 0.6 is 24.0 Å². The van der Waals surface area contributed by atoms with E-state index >= 15 is 0 Å². The summed E-state index contributed by atoms with van der Waals surface area (Å²) in [7, 11) is 0. The summed E-state index contributed by atoms with van der Waals surface area (Å²) in [6, 6.07) is 5.57. The highest BCUT2D eigenvalue weighted by Crippen LogP contribution is 2.19. The number of hydrogen-bond acceptors (Lipinski definition) is 4. The van der Waals surface area contributed by atoms with Crippen LogP contribution in [0.25, 0.3) is 10.9 Å². The Balaban J connectivity index is 0.00000176. The first kappa shape index (κ1) is 17.2. The van der Waals surface area contributed by atoms with Gasteiger partial charge in [0.2, 0.25) is 0 Å². The molecule has 2 aromatic rings. The molecule has 5 nitrogen and oxygen atoms in total. The molecule has 1 aromatic heterocycles. The number of aromatic nitrogens is 2. The third-order valence-corrected chi connectivity index (χ3v) is 4.33. The van der Waals surface area contributed by atoms with Crippen LogP contribution in [0, 0.1) is 0 Å². The fourth-order valence-corrected chi connectivity index (χ4v) is 3.13. The maximum absolute atomic E-state index is 12.1. The molecule has 22 heavy (non-hydrogen) atoms. The predicted molar refractivity (Wildman–Crippen MR) is 91.7 cm³/mol. The quantitative estimate of drug-likeness (QED) is 0.897. The molecule has 0 spiro atoms. The largest absolute Gasteiger partial charge is 0.329 e. The van der Waals surface area contributed by atoms with E-state index in [2.05, 4.69) is 14.9 Å². The van der Waals surface area contributed by atoms with Crippen molar-refractivity contribution < 1.29 is 0 Å². The van der Waals surface area contributed by atoms with Gasteiger partial charge in [-0.3, -0.25) is 9.69 Å². The van der Waals surface area contributed by atoms with E-state index in [1.165, 1.54) is 12.8 Å². The molecule has 1 saturated heterocycles. The van der Waals surface area contributed by atoms with Gasteiger partial charge in [-0.15, -0.1) is 12.4 Å². The Kier molecular flexibility index (Phi) is 5.81. The normalized spacial score (nSPS) is 19.1. The Bertz CT molecular complexity index is 703. The van der Waals surface area contributed by atoms with Crippen molar-refractivity contribution >= 4 is 34.9 Å². The fourth-order valence-electron chi connectivity index (χ4n) is 2.96. The molecule has 0 saturated carbocycles. The van der Waals surface area contributed by atoms with E-state index < -0.39 is 0 Å². The van der Waals surface area contributed by atoms with Gasteiger partial charge in [-0.25, -0.2) is 4.98 Å². The number of rotatable bonds is 3. The van der Waals surface area contributed by atoms with Crippen molar-refractivity contribution in [1.29, 1.82) is 0 Å². The van der Waals surface area contributed by atoms with Crippen molar-refractivity contribution in [1.82, 2.24) is 14.9 Å². The van der Waals surface area contributed by atoms with Crippen LogP contribution in [-0.2, 0) is 6.54 Å². The van der Waals surface area contributed by atoms with E-state index in [9.17, 15) is 4.79 Å². The van der Waals surface area contributed by atoms with Gasteiger partial charge in [0.25, 0.3) is 5.56 Å². The van der Waals surface area contributed by atoms with Gasteiger partial charge < -0.3 is 10.7 Å². The highest BCUT2D eigenvalue weighted by Gasteiger charge is 2.21. The molecule has 2 heterocycles. The molecule has 0 radical (unpaired) electrons. The highest BCUT2D eigenvalue weighted by molar-refractivity contribution is 6.31. The molecule has 0 aliphatic carbocycles. The first-order chi connectivity index (χ1) is 10.2. The molecule has 1 unspecified atom stereocenters. The van der Waals surface area contributed by atoms with Crippen molar-refractivity contribution in [2.75, 3.05) is 13.1 Å². The molecule has 1 atom stereocenters. The lowest BCUT2D eigenvalue weighted by molar-refractivity contribution is 0.141. The van der Waals surface area contributed by atoms with Crippen molar-refractivity contribution in [3.05, 3.63) is 39.4 Å². The monoisotopic (exact) mass is 342 g/mol. The van der Waals surface area contributed by atoms with Crippen LogP contribution in [0.1, 0.15) is 25.1 Å². The second kappa shape index (κ2) is 7.42. The molecule has 1 fully saturated rings. The third-order valence-electron chi connectivity index (χ3n) is 4.09. The Morgan fingerprint density at radius 2 is 2.23 bits per heavy atom. The van der Waals surface area contributed by atoms with Crippen LogP contribution in [0.15, 0.2) is 23.0 Å². The van der Waals surface area contributed by atoms with Crippen molar-refractivity contribution in [2.45, 2.75) is 31.8 Å². The minimum Gasteiger partial charge on any atom is -0.329 e. The lowest BCUT2D eigenvalue weighted by atomic mass is 10.0. The van der Waals surface area contributed by atoms with Crippen LogP contribution in [0.5, 0.6) is 0 Å². The van der Waals surface area contributed by atoms with Gasteiger partial charge in [0.1, 0.15) is 5.82 Å². The average Bonchev–Trinajstić information content (AvgIpc) is 2.49. The zero-order valence-corrected chi connectivity index (χ0v) is 13.8. The Morgan fingerprint density at radius 1 is 1.41 bits per heavy atom. The number of nitrogens with two attached hydrogens (primary N) is 1. The summed E-state index contributed by atoms with van der Waals surface area (Å²) >= 11 is 5.92. The number of H-pyrrole nitrogens is 1. The summed E-state index contributed by atoms with van der Waals surface area (Å²) in [5.74, 6) is 0.690. The van der Waals surface area contributed by atoms with Crippen LogP contribution in [0.3, 0.4) is 0 Å². The topological polar surface area (TPSA) is 75.0 Å². The van der Waals surface area contributed by atoms with E-state index in [1.807, 2.05) is 0 Å². The van der Waals surface area contributed by atoms with Crippen LogP contribution < -0.4 is 11.3 Å². The van der Waals surface area contributed by atoms with E-state index in [-0.39, 0.29) is 18.0 Å². The van der Waals surface area contributed by atoms with Gasteiger partial charge in [0, 0.05) is 17.6 Å². The minimum absolute atomic E-state index is 0. The Morgan fingerprint density at radius 3 is 3.00 bits per heavy atom. The molecular formula is C15H20Cl2N4O. The van der Waals surface area contributed by atoms with Gasteiger partial charge in [-0.2, -0.15) is 0 Å². The molecule has 3 N–H and O–H groups in total. The van der Waals surface area contributed by atoms with Crippen LogP contribution in [0.2, 0.25) is 5.02 Å². The summed E-state index contributed by atoms with van der Waals surface area (Å²) < 4.78 is 0. The predicted octanol–water partition coefficient (Wildman–Crippen LogP) is 2.31. The second-order valence-electron chi connectivity index (χ2n) is 5.53. The first-order valence-corrected chi connectivity index (χ1v) is 7.68. The zero-order chi connectivity index (χ0) is 14.8. The van der Waals surface area contributed by atoms with Crippen molar-refractivity contribution in [3.63, 3.8) is 0 Å². The zero-order valence-electron chi connectivity index (χ0n) is 12.2. The average molecular weight is 343 g/mol. The number of benzene rings is 1. The number of halogens is 2. The number of hydrogen-bond donors (Lipinski definition) is 2. The summed E-state index contributed by atoms with van der Waals surface area (Å²) in [6.07, 6.45) is 3.51. The maximum Gasteiger partial charge on any atom is 0.258 e. The summed E-state index contributed by atoms with van der Waals surface area (Å²) in [4.78, 5) is 21.9. The van der Waals surface area contributed by atoms with E-state index in [0.717, 1.165) is 13.0 Å². The molecule has 1 aromatic carbocycles. The Hall–Kier alpha value is -1.14. The highest BCUT2D eigenvalue weighted by atomic mass is 35.5. The van der Waals surface area contributed by atoms with Gasteiger partial charge in [-0.05, 0) is 37.6 Å². The molecule has 7 heteroatoms. The lowest BCUT2D eigenvalue weighted by Crippen LogP contribution is -2.43. The van der Waals surface area contributed by atoms with E-state index in [0.29, 0.717) is 40.9 Å². The van der Waals surface area contributed by atoms with Gasteiger partial charge in [-0.1, -0.05) is 18.0 Å². The number of fused-ring (bicyclic) bond motifs is 1. The Labute approximate surface area is 140 Å². The number of nitrogens with zero attached hydrogens (tertiary/aromatic N) is 2. The molecule has 120 valence electrons. The lowest BCUT2D eigenvalue weighted by Gasteiger charge is -2.34. The van der Waals surface area contributed by atoms with E-state index in [1.54, 1.807) is 18.2 Å². The number of nitrogens with one attached hydrogen (secondary N) is 1. The number of likely N-dealkylation sites (tertiary alicyclic amines) is 1. The SMILES string of the molecule is Cl.NCC1CCCCN1Cc1nc2ccc(Cl)cc2c(=O)[nH]1. The number of aromatic amines is 1. The molecule has 1 aliphatic heterocycles. The van der Waals surface area contributed by atoms with Crippen LogP contribution in [0.4, 0.5) is 0 Å². The smallest absolute Gasteiger partial charge is 0.258 e. The summed E-state index contributed by atoms with van der Waals surface area (Å²) in [6.45, 7) is 2.29. The van der Waals surface area contributed by atoms with Crippen molar-refractivity contribution in [2.24, 2.45) is 5.73 Å².